The van der Waals surface area contributed by atoms with Crippen molar-refractivity contribution >= 4 is 18.4 Å². The van der Waals surface area contributed by atoms with Crippen LogP contribution in [0.5, 0.6) is 0 Å². The summed E-state index contributed by atoms with van der Waals surface area (Å²) in [5.41, 5.74) is 0. The Labute approximate surface area is 55.9 Å². The van der Waals surface area contributed by atoms with Crippen molar-refractivity contribution in [3.05, 3.63) is 0 Å². The van der Waals surface area contributed by atoms with E-state index in [9.17, 15) is 4.79 Å². The van der Waals surface area contributed by atoms with E-state index in [1.165, 1.54) is 0 Å². The molecule has 0 amide bonds. The van der Waals surface area contributed by atoms with Crippen molar-refractivity contribution in [2.24, 2.45) is 5.92 Å². The van der Waals surface area contributed by atoms with E-state index in [1.807, 2.05) is 6.92 Å². The molecule has 1 atom stereocenters. The fourth-order valence-corrected chi connectivity index (χ4v) is 0.684. The summed E-state index contributed by atoms with van der Waals surface area (Å²) in [6.07, 6.45) is 0.670. The summed E-state index contributed by atoms with van der Waals surface area (Å²) >= 11 is 4.04. The van der Waals surface area contributed by atoms with Crippen molar-refractivity contribution < 1.29 is 4.79 Å². The molecule has 1 unspecified atom stereocenters. The topological polar surface area (TPSA) is 17.1 Å². The molecule has 0 heterocycles. The van der Waals surface area contributed by atoms with E-state index in [-0.39, 0.29) is 5.78 Å². The molecule has 8 heavy (non-hydrogen) atoms. The number of carbonyl (C=O) groups excluding carboxylic acids is 1. The van der Waals surface area contributed by atoms with E-state index >= 15 is 0 Å². The Bertz CT molecular complexity index is 80.6. The van der Waals surface area contributed by atoms with Crippen LogP contribution in [-0.4, -0.2) is 11.5 Å². The molecule has 0 aliphatic carbocycles. The fourth-order valence-electron chi connectivity index (χ4n) is 0.555. The Morgan fingerprint density at radius 2 is 2.25 bits per heavy atom. The maximum atomic E-state index is 10.4. The standard InChI is InChI=1S/C6H12OS/c1-5(4-8)3-6(2)7/h5,8H,3-4H2,1-2H3. The molecular formula is C6H12OS. The van der Waals surface area contributed by atoms with Gasteiger partial charge in [0.2, 0.25) is 0 Å². The molecule has 0 fully saturated rings. The number of carbonyl (C=O) groups is 1. The van der Waals surface area contributed by atoms with E-state index in [0.29, 0.717) is 12.3 Å². The van der Waals surface area contributed by atoms with Gasteiger partial charge in [0.15, 0.2) is 0 Å². The van der Waals surface area contributed by atoms with Crippen molar-refractivity contribution in [1.29, 1.82) is 0 Å². The number of Topliss-reactive ketones (excluding diaryl/α,β-unsaturated/α-hetero) is 1. The third-order valence-corrected chi connectivity index (χ3v) is 1.57. The summed E-state index contributed by atoms with van der Waals surface area (Å²) in [7, 11) is 0. The number of rotatable bonds is 3. The lowest BCUT2D eigenvalue weighted by atomic mass is 10.1. The third-order valence-electron chi connectivity index (χ3n) is 0.948. The molecule has 0 spiro atoms. The van der Waals surface area contributed by atoms with E-state index in [0.717, 1.165) is 5.75 Å². The van der Waals surface area contributed by atoms with Crippen LogP contribution in [0.3, 0.4) is 0 Å². The molecule has 0 saturated carbocycles. The van der Waals surface area contributed by atoms with E-state index in [1.54, 1.807) is 6.92 Å². The second-order valence-electron chi connectivity index (χ2n) is 2.19. The Kier molecular flexibility index (Phi) is 3.97. The van der Waals surface area contributed by atoms with Crippen molar-refractivity contribution in [2.45, 2.75) is 20.3 Å². The first-order valence-electron chi connectivity index (χ1n) is 2.77. The van der Waals surface area contributed by atoms with Crippen LogP contribution in [0.4, 0.5) is 0 Å². The Hall–Kier alpha value is 0.0200. The monoisotopic (exact) mass is 132 g/mol. The minimum absolute atomic E-state index is 0.256. The minimum Gasteiger partial charge on any atom is -0.300 e. The zero-order valence-electron chi connectivity index (χ0n) is 5.35. The second-order valence-corrected chi connectivity index (χ2v) is 2.56. The van der Waals surface area contributed by atoms with Crippen molar-refractivity contribution in [3.8, 4) is 0 Å². The van der Waals surface area contributed by atoms with Crippen LogP contribution in [0.2, 0.25) is 0 Å². The van der Waals surface area contributed by atoms with Gasteiger partial charge in [0.05, 0.1) is 0 Å². The molecule has 0 rings (SSSR count). The normalized spacial score (nSPS) is 13.4. The first kappa shape index (κ1) is 8.02. The van der Waals surface area contributed by atoms with Gasteiger partial charge in [0, 0.05) is 6.42 Å². The molecule has 2 heteroatoms. The van der Waals surface area contributed by atoms with Crippen molar-refractivity contribution in [1.82, 2.24) is 0 Å². The Balaban J connectivity index is 3.24. The van der Waals surface area contributed by atoms with Crippen LogP contribution in [0.15, 0.2) is 0 Å². The van der Waals surface area contributed by atoms with Crippen molar-refractivity contribution in [3.63, 3.8) is 0 Å². The van der Waals surface area contributed by atoms with Gasteiger partial charge in [-0.3, -0.25) is 0 Å². The molecule has 0 aromatic rings. The predicted octanol–water partition coefficient (Wildman–Crippen LogP) is 1.53. The molecule has 48 valence electrons. The summed E-state index contributed by atoms with van der Waals surface area (Å²) in [6.45, 7) is 3.63. The van der Waals surface area contributed by atoms with Crippen LogP contribution in [0.1, 0.15) is 20.3 Å². The summed E-state index contributed by atoms with van der Waals surface area (Å²) < 4.78 is 0. The van der Waals surface area contributed by atoms with Crippen LogP contribution in [0.25, 0.3) is 0 Å². The number of ketones is 1. The Morgan fingerprint density at radius 3 is 2.38 bits per heavy atom. The molecule has 0 bridgehead atoms. The van der Waals surface area contributed by atoms with Crippen LogP contribution in [-0.2, 0) is 4.79 Å². The van der Waals surface area contributed by atoms with Gasteiger partial charge in [-0.1, -0.05) is 6.92 Å². The highest BCUT2D eigenvalue weighted by atomic mass is 32.1. The second kappa shape index (κ2) is 3.96. The highest BCUT2D eigenvalue weighted by molar-refractivity contribution is 7.80. The smallest absolute Gasteiger partial charge is 0.130 e. The van der Waals surface area contributed by atoms with E-state index in [2.05, 4.69) is 12.6 Å². The summed E-state index contributed by atoms with van der Waals surface area (Å²) in [4.78, 5) is 10.4. The number of hydrogen-bond acceptors (Lipinski definition) is 2. The number of thiol groups is 1. The lowest BCUT2D eigenvalue weighted by Gasteiger charge is -2.01. The van der Waals surface area contributed by atoms with Gasteiger partial charge in [-0.2, -0.15) is 12.6 Å². The molecule has 0 N–H and O–H groups in total. The summed E-state index contributed by atoms with van der Waals surface area (Å²) in [5, 5.41) is 0. The van der Waals surface area contributed by atoms with Crippen LogP contribution < -0.4 is 0 Å². The average molecular weight is 132 g/mol. The molecule has 0 radical (unpaired) electrons. The zero-order valence-corrected chi connectivity index (χ0v) is 6.24. The molecule has 0 aliphatic rings. The highest BCUT2D eigenvalue weighted by Crippen LogP contribution is 2.02. The first-order chi connectivity index (χ1) is 3.66. The molecule has 1 nitrogen and oxygen atoms in total. The third kappa shape index (κ3) is 4.19. The SMILES string of the molecule is CC(=O)CC(C)CS. The molecule has 0 aromatic carbocycles. The zero-order chi connectivity index (χ0) is 6.57. The van der Waals surface area contributed by atoms with Crippen LogP contribution >= 0.6 is 12.6 Å². The van der Waals surface area contributed by atoms with Gasteiger partial charge in [-0.25, -0.2) is 0 Å². The molecular weight excluding hydrogens is 120 g/mol. The Morgan fingerprint density at radius 1 is 1.75 bits per heavy atom. The number of hydrogen-bond donors (Lipinski definition) is 1. The van der Waals surface area contributed by atoms with Gasteiger partial charge < -0.3 is 4.79 Å². The van der Waals surface area contributed by atoms with E-state index < -0.39 is 0 Å². The predicted molar refractivity (Wildman–Crippen MR) is 38.3 cm³/mol. The maximum Gasteiger partial charge on any atom is 0.130 e. The quantitative estimate of drug-likeness (QED) is 0.576. The summed E-state index contributed by atoms with van der Waals surface area (Å²) in [6, 6.07) is 0. The molecule has 0 aromatic heterocycles. The lowest BCUT2D eigenvalue weighted by molar-refractivity contribution is -0.117. The van der Waals surface area contributed by atoms with Gasteiger partial charge in [0.25, 0.3) is 0 Å². The van der Waals surface area contributed by atoms with Crippen molar-refractivity contribution in [2.75, 3.05) is 5.75 Å². The van der Waals surface area contributed by atoms with Gasteiger partial charge >= 0.3 is 0 Å². The van der Waals surface area contributed by atoms with Crippen LogP contribution in [0, 0.1) is 5.92 Å². The first-order valence-corrected chi connectivity index (χ1v) is 3.40. The van der Waals surface area contributed by atoms with Gasteiger partial charge in [-0.15, -0.1) is 0 Å². The minimum atomic E-state index is 0.256. The van der Waals surface area contributed by atoms with Gasteiger partial charge in [0.1, 0.15) is 5.78 Å². The lowest BCUT2D eigenvalue weighted by Crippen LogP contribution is -2.01. The highest BCUT2D eigenvalue weighted by Gasteiger charge is 2.00. The molecule has 0 saturated heterocycles. The maximum absolute atomic E-state index is 10.4. The fraction of sp³-hybridized carbons (Fsp3) is 0.833. The molecule has 0 aliphatic heterocycles. The van der Waals surface area contributed by atoms with E-state index in [4.69, 9.17) is 0 Å². The average Bonchev–Trinajstić information content (AvgIpc) is 1.65. The largest absolute Gasteiger partial charge is 0.300 e. The summed E-state index contributed by atoms with van der Waals surface area (Å²) in [5.74, 6) is 1.50. The van der Waals surface area contributed by atoms with Gasteiger partial charge in [-0.05, 0) is 18.6 Å².